The number of carboxylic acid groups (broad SMARTS) is 1. The fourth-order valence-corrected chi connectivity index (χ4v) is 2.42. The molecule has 1 fully saturated rings. The molecule has 1 aromatic heterocycles. The number of aliphatic carboxylic acids is 1. The molecule has 1 aliphatic carbocycles. The van der Waals surface area contributed by atoms with Gasteiger partial charge >= 0.3 is 5.97 Å². The van der Waals surface area contributed by atoms with Crippen LogP contribution in [0.15, 0.2) is 4.79 Å². The second-order valence-corrected chi connectivity index (χ2v) is 5.04. The van der Waals surface area contributed by atoms with Crippen LogP contribution in [0.5, 0.6) is 0 Å². The number of carboxylic acids is 1. The van der Waals surface area contributed by atoms with E-state index in [-0.39, 0.29) is 23.8 Å². The molecule has 0 atom stereocenters. The fraction of sp³-hybridized carbons (Fsp3) is 0.615. The summed E-state index contributed by atoms with van der Waals surface area (Å²) in [7, 11) is 0. The zero-order valence-electron chi connectivity index (χ0n) is 11.0. The van der Waals surface area contributed by atoms with E-state index in [9.17, 15) is 9.59 Å². The van der Waals surface area contributed by atoms with Gasteiger partial charge in [-0.2, -0.15) is 0 Å². The predicted octanol–water partition coefficient (Wildman–Crippen LogP) is 1.45. The van der Waals surface area contributed by atoms with Gasteiger partial charge in [0.05, 0.1) is 12.1 Å². The molecule has 6 nitrogen and oxygen atoms in total. The van der Waals surface area contributed by atoms with Crippen molar-refractivity contribution in [1.29, 1.82) is 0 Å². The summed E-state index contributed by atoms with van der Waals surface area (Å²) in [6.07, 6.45) is 5.43. The van der Waals surface area contributed by atoms with E-state index in [0.717, 1.165) is 25.7 Å². The van der Waals surface area contributed by atoms with E-state index in [1.54, 1.807) is 6.92 Å². The van der Waals surface area contributed by atoms with E-state index >= 15 is 0 Å². The molecule has 0 saturated heterocycles. The molecular formula is C13H19N3O3. The fourth-order valence-electron chi connectivity index (χ4n) is 2.42. The van der Waals surface area contributed by atoms with Crippen LogP contribution in [0.2, 0.25) is 0 Å². The average Bonchev–Trinajstić information content (AvgIpc) is 2.36. The summed E-state index contributed by atoms with van der Waals surface area (Å²) in [5.74, 6) is -0.708. The van der Waals surface area contributed by atoms with Gasteiger partial charge in [0, 0.05) is 11.7 Å². The molecule has 1 aliphatic rings. The molecule has 0 aromatic carbocycles. The first-order valence-corrected chi connectivity index (χ1v) is 6.64. The van der Waals surface area contributed by atoms with Crippen molar-refractivity contribution in [2.45, 2.75) is 51.5 Å². The molecule has 19 heavy (non-hydrogen) atoms. The molecule has 6 heteroatoms. The van der Waals surface area contributed by atoms with Gasteiger partial charge in [-0.3, -0.25) is 9.59 Å². The van der Waals surface area contributed by atoms with Crippen molar-refractivity contribution in [3.05, 3.63) is 21.7 Å². The van der Waals surface area contributed by atoms with Crippen LogP contribution in [0.1, 0.15) is 43.5 Å². The largest absolute Gasteiger partial charge is 0.481 e. The maximum Gasteiger partial charge on any atom is 0.309 e. The van der Waals surface area contributed by atoms with Crippen LogP contribution in [0.3, 0.4) is 0 Å². The molecular weight excluding hydrogens is 246 g/mol. The molecule has 2 rings (SSSR count). The number of H-pyrrole nitrogens is 1. The zero-order valence-corrected chi connectivity index (χ0v) is 11.0. The summed E-state index contributed by atoms with van der Waals surface area (Å²) in [5, 5.41) is 12.0. The lowest BCUT2D eigenvalue weighted by Crippen LogP contribution is -2.28. The van der Waals surface area contributed by atoms with Gasteiger partial charge in [0.15, 0.2) is 5.82 Å². The average molecular weight is 265 g/mol. The first-order valence-electron chi connectivity index (χ1n) is 6.64. The van der Waals surface area contributed by atoms with Gasteiger partial charge in [0.25, 0.3) is 5.56 Å². The second kappa shape index (κ2) is 5.86. The minimum atomic E-state index is -0.953. The van der Waals surface area contributed by atoms with Crippen LogP contribution >= 0.6 is 0 Å². The van der Waals surface area contributed by atoms with Crippen molar-refractivity contribution in [3.63, 3.8) is 0 Å². The number of rotatable bonds is 4. The normalized spacial score (nSPS) is 16.3. The van der Waals surface area contributed by atoms with E-state index in [0.29, 0.717) is 11.4 Å². The predicted molar refractivity (Wildman–Crippen MR) is 71.4 cm³/mol. The first kappa shape index (κ1) is 13.6. The van der Waals surface area contributed by atoms with Crippen LogP contribution in [0, 0.1) is 6.92 Å². The minimum absolute atomic E-state index is 0.179. The van der Waals surface area contributed by atoms with Gasteiger partial charge in [-0.05, 0) is 19.8 Å². The molecule has 0 spiro atoms. The Bertz CT molecular complexity index is 518. The van der Waals surface area contributed by atoms with Crippen LogP contribution < -0.4 is 10.9 Å². The molecule has 1 heterocycles. The number of nitrogens with zero attached hydrogens (tertiary/aromatic N) is 1. The summed E-state index contributed by atoms with van der Waals surface area (Å²) < 4.78 is 0. The number of hydrogen-bond donors (Lipinski definition) is 3. The van der Waals surface area contributed by atoms with Gasteiger partial charge in [0.2, 0.25) is 0 Å². The Balaban J connectivity index is 2.19. The number of aromatic nitrogens is 2. The highest BCUT2D eigenvalue weighted by molar-refractivity contribution is 5.70. The Hall–Kier alpha value is -1.85. The van der Waals surface area contributed by atoms with Gasteiger partial charge < -0.3 is 15.4 Å². The van der Waals surface area contributed by atoms with Crippen molar-refractivity contribution in [1.82, 2.24) is 9.97 Å². The summed E-state index contributed by atoms with van der Waals surface area (Å²) in [6, 6.07) is 0.266. The molecule has 0 radical (unpaired) electrons. The Morgan fingerprint density at radius 2 is 2.11 bits per heavy atom. The van der Waals surface area contributed by atoms with Crippen LogP contribution in [-0.2, 0) is 11.2 Å². The van der Waals surface area contributed by atoms with Crippen molar-refractivity contribution in [3.8, 4) is 0 Å². The lowest BCUT2D eigenvalue weighted by molar-refractivity contribution is -0.136. The third-order valence-electron chi connectivity index (χ3n) is 3.46. The van der Waals surface area contributed by atoms with Gasteiger partial charge in [0.1, 0.15) is 0 Å². The van der Waals surface area contributed by atoms with Crippen LogP contribution in [0.4, 0.5) is 5.82 Å². The van der Waals surface area contributed by atoms with E-state index in [1.165, 1.54) is 6.42 Å². The summed E-state index contributed by atoms with van der Waals surface area (Å²) in [6.45, 7) is 1.66. The van der Waals surface area contributed by atoms with E-state index < -0.39 is 5.97 Å². The third-order valence-corrected chi connectivity index (χ3v) is 3.46. The lowest BCUT2D eigenvalue weighted by atomic mass is 9.95. The van der Waals surface area contributed by atoms with E-state index in [1.807, 2.05) is 0 Å². The molecule has 0 amide bonds. The lowest BCUT2D eigenvalue weighted by Gasteiger charge is -2.23. The highest BCUT2D eigenvalue weighted by atomic mass is 16.4. The standard InChI is InChI=1S/C13H19N3O3/c1-8-10(7-11(17)18)16-12(13(19)14-8)15-9-5-3-2-4-6-9/h9H,2-7H2,1H3,(H,14,19)(H,15,16)(H,17,18). The number of hydrogen-bond acceptors (Lipinski definition) is 4. The smallest absolute Gasteiger partial charge is 0.309 e. The number of carbonyl (C=O) groups is 1. The van der Waals surface area contributed by atoms with Gasteiger partial charge in [-0.1, -0.05) is 19.3 Å². The summed E-state index contributed by atoms with van der Waals surface area (Å²) >= 11 is 0. The monoisotopic (exact) mass is 265 g/mol. The van der Waals surface area contributed by atoms with Crippen LogP contribution in [-0.4, -0.2) is 27.1 Å². The highest BCUT2D eigenvalue weighted by Gasteiger charge is 2.17. The molecule has 0 aliphatic heterocycles. The Morgan fingerprint density at radius 3 is 2.74 bits per heavy atom. The van der Waals surface area contributed by atoms with Crippen molar-refractivity contribution in [2.24, 2.45) is 0 Å². The number of aromatic amines is 1. The first-order chi connectivity index (χ1) is 9.06. The van der Waals surface area contributed by atoms with Crippen molar-refractivity contribution in [2.75, 3.05) is 5.32 Å². The SMILES string of the molecule is Cc1[nH]c(=O)c(NC2CCCCC2)nc1CC(=O)O. The number of anilines is 1. The van der Waals surface area contributed by atoms with Gasteiger partial charge in [-0.25, -0.2) is 4.98 Å². The Kier molecular flexibility index (Phi) is 4.19. The topological polar surface area (TPSA) is 95.1 Å². The Morgan fingerprint density at radius 1 is 1.42 bits per heavy atom. The second-order valence-electron chi connectivity index (χ2n) is 5.04. The third kappa shape index (κ3) is 3.56. The molecule has 104 valence electrons. The molecule has 3 N–H and O–H groups in total. The molecule has 0 bridgehead atoms. The minimum Gasteiger partial charge on any atom is -0.481 e. The van der Waals surface area contributed by atoms with E-state index in [2.05, 4.69) is 15.3 Å². The zero-order chi connectivity index (χ0) is 13.8. The molecule has 1 aromatic rings. The number of nitrogens with one attached hydrogen (secondary N) is 2. The summed E-state index contributed by atoms with van der Waals surface area (Å²) in [4.78, 5) is 29.4. The van der Waals surface area contributed by atoms with Crippen LogP contribution in [0.25, 0.3) is 0 Å². The maximum absolute atomic E-state index is 11.8. The highest BCUT2D eigenvalue weighted by Crippen LogP contribution is 2.19. The molecule has 0 unspecified atom stereocenters. The van der Waals surface area contributed by atoms with Crippen molar-refractivity contribution < 1.29 is 9.90 Å². The Labute approximate surface area is 111 Å². The summed E-state index contributed by atoms with van der Waals surface area (Å²) in [5.41, 5.74) is 0.643. The van der Waals surface area contributed by atoms with Gasteiger partial charge in [-0.15, -0.1) is 0 Å². The van der Waals surface area contributed by atoms with Crippen molar-refractivity contribution >= 4 is 11.8 Å². The maximum atomic E-state index is 11.8. The quantitative estimate of drug-likeness (QED) is 0.766. The van der Waals surface area contributed by atoms with E-state index in [4.69, 9.17) is 5.11 Å². The molecule has 1 saturated carbocycles. The number of aryl methyl sites for hydroxylation is 1.